The Bertz CT molecular complexity index is 524. The molecule has 1 aromatic carbocycles. The van der Waals surface area contributed by atoms with E-state index >= 15 is 0 Å². The summed E-state index contributed by atoms with van der Waals surface area (Å²) in [6, 6.07) is 8.41. The molecule has 2 aliphatic rings. The third-order valence-corrected chi connectivity index (χ3v) is 3.83. The van der Waals surface area contributed by atoms with Crippen LogP contribution < -0.4 is 5.32 Å². The molecule has 6 atom stereocenters. The number of carbonyl (C=O) groups is 1. The molecule has 1 aromatic rings. The Morgan fingerprint density at radius 2 is 1.95 bits per heavy atom. The monoisotopic (exact) mass is 309 g/mol. The lowest BCUT2D eigenvalue weighted by atomic mass is 9.96. The highest BCUT2D eigenvalue weighted by Gasteiger charge is 2.49. The summed E-state index contributed by atoms with van der Waals surface area (Å²) in [7, 11) is 0. The van der Waals surface area contributed by atoms with Gasteiger partial charge in [0.15, 0.2) is 12.6 Å². The molecule has 2 saturated heterocycles. The van der Waals surface area contributed by atoms with Gasteiger partial charge in [-0.3, -0.25) is 4.79 Å². The van der Waals surface area contributed by atoms with Gasteiger partial charge in [-0.05, 0) is 0 Å². The number of aliphatic hydroxyl groups excluding tert-OH is 2. The molecule has 0 radical (unpaired) electrons. The van der Waals surface area contributed by atoms with Crippen molar-refractivity contribution in [3.63, 3.8) is 0 Å². The number of amides is 1. The summed E-state index contributed by atoms with van der Waals surface area (Å²) in [4.78, 5) is 11.2. The molecule has 22 heavy (non-hydrogen) atoms. The van der Waals surface area contributed by atoms with Crippen LogP contribution in [0.2, 0.25) is 0 Å². The molecule has 2 aliphatic heterocycles. The number of hydrogen-bond donors (Lipinski definition) is 3. The maximum absolute atomic E-state index is 11.2. The molecule has 0 bridgehead atoms. The highest BCUT2D eigenvalue weighted by molar-refractivity contribution is 5.73. The van der Waals surface area contributed by atoms with E-state index in [1.165, 1.54) is 6.92 Å². The molecule has 0 unspecified atom stereocenters. The average Bonchev–Trinajstić information content (AvgIpc) is 2.52. The van der Waals surface area contributed by atoms with Crippen molar-refractivity contribution in [2.45, 2.75) is 43.9 Å². The van der Waals surface area contributed by atoms with Crippen molar-refractivity contribution < 1.29 is 29.2 Å². The van der Waals surface area contributed by atoms with Gasteiger partial charge in [0.05, 0.1) is 6.61 Å². The largest absolute Gasteiger partial charge is 0.388 e. The Balaban J connectivity index is 1.75. The molecular weight excluding hydrogens is 290 g/mol. The molecule has 0 spiro atoms. The minimum absolute atomic E-state index is 0.186. The number of benzene rings is 1. The van der Waals surface area contributed by atoms with Crippen LogP contribution in [-0.4, -0.2) is 53.4 Å². The number of fused-ring (bicyclic) bond motifs is 1. The number of nitrogens with one attached hydrogen (secondary N) is 1. The van der Waals surface area contributed by atoms with Gasteiger partial charge < -0.3 is 29.7 Å². The molecule has 7 heteroatoms. The second kappa shape index (κ2) is 6.31. The van der Waals surface area contributed by atoms with Gasteiger partial charge in [0.25, 0.3) is 0 Å². The van der Waals surface area contributed by atoms with Crippen LogP contribution in [0.15, 0.2) is 30.3 Å². The molecule has 0 aliphatic carbocycles. The van der Waals surface area contributed by atoms with Crippen molar-refractivity contribution in [1.82, 2.24) is 5.32 Å². The minimum Gasteiger partial charge on any atom is -0.388 e. The van der Waals surface area contributed by atoms with Gasteiger partial charge in [-0.15, -0.1) is 0 Å². The predicted molar refractivity (Wildman–Crippen MR) is 74.5 cm³/mol. The minimum atomic E-state index is -1.30. The fraction of sp³-hybridized carbons (Fsp3) is 0.533. The lowest BCUT2D eigenvalue weighted by molar-refractivity contribution is -0.337. The van der Waals surface area contributed by atoms with E-state index in [0.29, 0.717) is 0 Å². The van der Waals surface area contributed by atoms with Crippen molar-refractivity contribution >= 4 is 5.91 Å². The molecule has 7 nitrogen and oxygen atoms in total. The van der Waals surface area contributed by atoms with E-state index in [4.69, 9.17) is 14.2 Å². The van der Waals surface area contributed by atoms with Crippen LogP contribution in [0, 0.1) is 0 Å². The van der Waals surface area contributed by atoms with Gasteiger partial charge in [0, 0.05) is 12.5 Å². The van der Waals surface area contributed by atoms with E-state index in [9.17, 15) is 15.0 Å². The number of rotatable bonds is 2. The molecule has 0 saturated carbocycles. The fourth-order valence-corrected chi connectivity index (χ4v) is 2.78. The average molecular weight is 309 g/mol. The Kier molecular flexibility index (Phi) is 4.42. The topological polar surface area (TPSA) is 97.3 Å². The molecule has 0 aromatic heterocycles. The van der Waals surface area contributed by atoms with Crippen molar-refractivity contribution in [1.29, 1.82) is 0 Å². The number of carbonyl (C=O) groups excluding carboxylic acids is 1. The zero-order valence-electron chi connectivity index (χ0n) is 12.1. The number of ether oxygens (including phenoxy) is 3. The van der Waals surface area contributed by atoms with Crippen LogP contribution in [0.4, 0.5) is 0 Å². The highest BCUT2D eigenvalue weighted by Crippen LogP contribution is 2.33. The Hall–Kier alpha value is -1.51. The van der Waals surface area contributed by atoms with Crippen LogP contribution in [-0.2, 0) is 19.0 Å². The van der Waals surface area contributed by atoms with Crippen LogP contribution in [0.5, 0.6) is 0 Å². The van der Waals surface area contributed by atoms with Gasteiger partial charge in [-0.1, -0.05) is 30.3 Å². The smallest absolute Gasteiger partial charge is 0.217 e. The summed E-state index contributed by atoms with van der Waals surface area (Å²) in [6.07, 6.45) is -4.29. The Morgan fingerprint density at radius 3 is 2.64 bits per heavy atom. The van der Waals surface area contributed by atoms with E-state index in [2.05, 4.69) is 5.32 Å². The van der Waals surface area contributed by atoms with Gasteiger partial charge >= 0.3 is 0 Å². The van der Waals surface area contributed by atoms with Gasteiger partial charge in [-0.2, -0.15) is 0 Å². The van der Waals surface area contributed by atoms with Crippen LogP contribution >= 0.6 is 0 Å². The molecule has 2 fully saturated rings. The molecule has 2 heterocycles. The third kappa shape index (κ3) is 2.99. The maximum Gasteiger partial charge on any atom is 0.217 e. The second-order valence-corrected chi connectivity index (χ2v) is 5.46. The summed E-state index contributed by atoms with van der Waals surface area (Å²) in [5, 5.41) is 22.8. The van der Waals surface area contributed by atoms with Gasteiger partial charge in [0.2, 0.25) is 5.91 Å². The molecule has 1 amide bonds. The van der Waals surface area contributed by atoms with Crippen molar-refractivity contribution in [3.05, 3.63) is 35.9 Å². The maximum atomic E-state index is 11.2. The highest BCUT2D eigenvalue weighted by atomic mass is 16.7. The molecule has 120 valence electrons. The van der Waals surface area contributed by atoms with Gasteiger partial charge in [0.1, 0.15) is 24.4 Å². The quantitative estimate of drug-likeness (QED) is 0.693. The second-order valence-electron chi connectivity index (χ2n) is 5.46. The van der Waals surface area contributed by atoms with E-state index < -0.39 is 36.9 Å². The first-order chi connectivity index (χ1) is 10.6. The number of hydrogen-bond acceptors (Lipinski definition) is 6. The summed E-state index contributed by atoms with van der Waals surface area (Å²) < 4.78 is 16.8. The summed E-state index contributed by atoms with van der Waals surface area (Å²) in [5.41, 5.74) is 0.829. The first-order valence-electron chi connectivity index (χ1n) is 7.17. The summed E-state index contributed by atoms with van der Waals surface area (Å²) in [5.74, 6) is -0.364. The standard InChI is InChI=1S/C15H19NO6/c1-8(17)16-11-12(18)13-10(21-14(11)19)7-20-15(22-13)9-5-3-2-4-6-9/h2-6,10-15,18-19H,7H2,1H3,(H,16,17)/t10-,11+,12+,13-,14+,15+/m1/s1. The Morgan fingerprint density at radius 1 is 1.23 bits per heavy atom. The van der Waals surface area contributed by atoms with Crippen LogP contribution in [0.1, 0.15) is 18.8 Å². The molecule has 3 N–H and O–H groups in total. The van der Waals surface area contributed by atoms with E-state index in [1.54, 1.807) is 0 Å². The lowest BCUT2D eigenvalue weighted by Gasteiger charge is -2.46. The van der Waals surface area contributed by atoms with Crippen molar-refractivity contribution in [3.8, 4) is 0 Å². The summed E-state index contributed by atoms with van der Waals surface area (Å²) >= 11 is 0. The third-order valence-electron chi connectivity index (χ3n) is 3.83. The normalized spacial score (nSPS) is 38.1. The summed E-state index contributed by atoms with van der Waals surface area (Å²) in [6.45, 7) is 1.49. The first kappa shape index (κ1) is 15.4. The van der Waals surface area contributed by atoms with Crippen LogP contribution in [0.25, 0.3) is 0 Å². The SMILES string of the molecule is CC(=O)N[C@H]1[C@H](O)[C@@H]2O[C@@H](c3ccccc3)OC[C@H]2O[C@@H]1O. The molecule has 3 rings (SSSR count). The van der Waals surface area contributed by atoms with Gasteiger partial charge in [-0.25, -0.2) is 0 Å². The zero-order chi connectivity index (χ0) is 15.7. The van der Waals surface area contributed by atoms with E-state index in [0.717, 1.165) is 5.56 Å². The zero-order valence-corrected chi connectivity index (χ0v) is 12.1. The lowest BCUT2D eigenvalue weighted by Crippen LogP contribution is -2.66. The number of aliphatic hydroxyl groups is 2. The van der Waals surface area contributed by atoms with E-state index in [1.807, 2.05) is 30.3 Å². The predicted octanol–water partition coefficient (Wildman–Crippen LogP) is -0.317. The van der Waals surface area contributed by atoms with E-state index in [-0.39, 0.29) is 12.5 Å². The van der Waals surface area contributed by atoms with Crippen LogP contribution in [0.3, 0.4) is 0 Å². The molecular formula is C15H19NO6. The van der Waals surface area contributed by atoms with Crippen molar-refractivity contribution in [2.75, 3.05) is 6.61 Å². The van der Waals surface area contributed by atoms with Crippen molar-refractivity contribution in [2.24, 2.45) is 0 Å². The Labute approximate surface area is 127 Å². The fourth-order valence-electron chi connectivity index (χ4n) is 2.78. The first-order valence-corrected chi connectivity index (χ1v) is 7.17.